The number of carboxylic acid groups (broad SMARTS) is 1. The molecule has 0 aliphatic carbocycles. The van der Waals surface area contributed by atoms with Gasteiger partial charge in [-0.15, -0.1) is 0 Å². The van der Waals surface area contributed by atoms with Gasteiger partial charge in [0.1, 0.15) is 5.58 Å². The molecule has 0 spiro atoms. The first-order valence-corrected chi connectivity index (χ1v) is 6.34. The van der Waals surface area contributed by atoms with E-state index in [-0.39, 0.29) is 11.9 Å². The van der Waals surface area contributed by atoms with Gasteiger partial charge in [-0.3, -0.25) is 0 Å². The highest BCUT2D eigenvalue weighted by atomic mass is 16.5. The minimum Gasteiger partial charge on any atom is -0.475 e. The summed E-state index contributed by atoms with van der Waals surface area (Å²) in [6.45, 7) is 6.79. The van der Waals surface area contributed by atoms with Gasteiger partial charge in [0.25, 0.3) is 0 Å². The summed E-state index contributed by atoms with van der Waals surface area (Å²) in [6.07, 6.45) is 0.189. The molecule has 4 nitrogen and oxygen atoms in total. The van der Waals surface area contributed by atoms with Crippen molar-refractivity contribution in [2.24, 2.45) is 5.92 Å². The fourth-order valence-corrected chi connectivity index (χ4v) is 1.71. The van der Waals surface area contributed by atoms with Gasteiger partial charge < -0.3 is 14.3 Å². The Bertz CT molecular complexity index is 583. The molecule has 0 saturated heterocycles. The summed E-state index contributed by atoms with van der Waals surface area (Å²) in [5, 5.41) is 9.66. The van der Waals surface area contributed by atoms with E-state index in [0.717, 1.165) is 10.9 Å². The summed E-state index contributed by atoms with van der Waals surface area (Å²) in [6, 6.07) is 7.11. The molecule has 2 rings (SSSR count). The van der Waals surface area contributed by atoms with Crippen LogP contribution in [0.3, 0.4) is 0 Å². The number of benzene rings is 1. The third-order valence-electron chi connectivity index (χ3n) is 3.24. The second-order valence-corrected chi connectivity index (χ2v) is 5.05. The molecule has 1 N–H and O–H groups in total. The van der Waals surface area contributed by atoms with Crippen molar-refractivity contribution in [1.82, 2.24) is 0 Å². The quantitative estimate of drug-likeness (QED) is 0.892. The van der Waals surface area contributed by atoms with Crippen LogP contribution in [-0.4, -0.2) is 17.2 Å². The van der Waals surface area contributed by atoms with Gasteiger partial charge in [0.2, 0.25) is 5.76 Å². The molecule has 1 heterocycles. The van der Waals surface area contributed by atoms with Crippen LogP contribution in [0.25, 0.3) is 11.0 Å². The summed E-state index contributed by atoms with van der Waals surface area (Å²) in [5.74, 6) is -0.623. The first kappa shape index (κ1) is 13.6. The first-order valence-electron chi connectivity index (χ1n) is 6.34. The van der Waals surface area contributed by atoms with Gasteiger partial charge in [-0.25, -0.2) is 4.79 Å². The zero-order valence-electron chi connectivity index (χ0n) is 11.3. The zero-order valence-corrected chi connectivity index (χ0v) is 11.3. The van der Waals surface area contributed by atoms with E-state index in [1.54, 1.807) is 6.07 Å². The van der Waals surface area contributed by atoms with Crippen molar-refractivity contribution in [3.8, 4) is 0 Å². The molecule has 0 bridgehead atoms. The van der Waals surface area contributed by atoms with Crippen molar-refractivity contribution < 1.29 is 19.1 Å². The van der Waals surface area contributed by atoms with Crippen molar-refractivity contribution >= 4 is 16.9 Å². The fraction of sp³-hybridized carbons (Fsp3) is 0.400. The minimum absolute atomic E-state index is 0.0383. The number of furan rings is 1. The molecule has 0 radical (unpaired) electrons. The Morgan fingerprint density at radius 2 is 2.05 bits per heavy atom. The van der Waals surface area contributed by atoms with Crippen LogP contribution in [0.2, 0.25) is 0 Å². The lowest BCUT2D eigenvalue weighted by molar-refractivity contribution is 0.0235. The zero-order chi connectivity index (χ0) is 14.0. The van der Waals surface area contributed by atoms with E-state index < -0.39 is 5.97 Å². The monoisotopic (exact) mass is 262 g/mol. The highest BCUT2D eigenvalue weighted by Crippen LogP contribution is 2.21. The van der Waals surface area contributed by atoms with Crippen LogP contribution in [0.1, 0.15) is 36.9 Å². The molecular formula is C15H18O4. The molecule has 2 aromatic rings. The van der Waals surface area contributed by atoms with Crippen LogP contribution in [0, 0.1) is 5.92 Å². The molecule has 0 fully saturated rings. The topological polar surface area (TPSA) is 59.7 Å². The van der Waals surface area contributed by atoms with Crippen LogP contribution in [0.4, 0.5) is 0 Å². The molecule has 0 aliphatic heterocycles. The van der Waals surface area contributed by atoms with E-state index in [2.05, 4.69) is 13.8 Å². The normalized spacial score (nSPS) is 13.1. The van der Waals surface area contributed by atoms with Gasteiger partial charge in [-0.2, -0.15) is 0 Å². The lowest BCUT2D eigenvalue weighted by Crippen LogP contribution is -2.14. The van der Waals surface area contributed by atoms with Gasteiger partial charge in [-0.1, -0.05) is 19.9 Å². The predicted octanol–water partition coefficient (Wildman–Crippen LogP) is 3.69. The van der Waals surface area contributed by atoms with Crippen molar-refractivity contribution in [2.75, 3.05) is 0 Å². The summed E-state index contributed by atoms with van der Waals surface area (Å²) in [7, 11) is 0. The van der Waals surface area contributed by atoms with E-state index in [0.29, 0.717) is 18.1 Å². The average Bonchev–Trinajstić information content (AvgIpc) is 2.78. The number of aromatic carboxylic acids is 1. The summed E-state index contributed by atoms with van der Waals surface area (Å²) in [4.78, 5) is 10.8. The number of hydrogen-bond donors (Lipinski definition) is 1. The highest BCUT2D eigenvalue weighted by Gasteiger charge is 2.11. The van der Waals surface area contributed by atoms with Crippen LogP contribution >= 0.6 is 0 Å². The van der Waals surface area contributed by atoms with E-state index in [1.165, 1.54) is 6.07 Å². The van der Waals surface area contributed by atoms with Crippen molar-refractivity contribution in [3.63, 3.8) is 0 Å². The Morgan fingerprint density at radius 1 is 1.32 bits per heavy atom. The number of hydrogen-bond acceptors (Lipinski definition) is 3. The number of rotatable bonds is 5. The summed E-state index contributed by atoms with van der Waals surface area (Å²) < 4.78 is 11.0. The van der Waals surface area contributed by atoms with Crippen LogP contribution in [-0.2, 0) is 11.3 Å². The Hall–Kier alpha value is -1.81. The molecule has 0 aliphatic rings. The van der Waals surface area contributed by atoms with Gasteiger partial charge in [0, 0.05) is 5.39 Å². The van der Waals surface area contributed by atoms with Gasteiger partial charge in [0.15, 0.2) is 0 Å². The van der Waals surface area contributed by atoms with E-state index in [4.69, 9.17) is 14.3 Å². The van der Waals surface area contributed by atoms with E-state index in [1.807, 2.05) is 19.1 Å². The van der Waals surface area contributed by atoms with Crippen LogP contribution in [0.15, 0.2) is 28.7 Å². The lowest BCUT2D eigenvalue weighted by Gasteiger charge is -2.16. The molecule has 1 unspecified atom stereocenters. The predicted molar refractivity (Wildman–Crippen MR) is 72.3 cm³/mol. The Kier molecular flexibility index (Phi) is 3.90. The Morgan fingerprint density at radius 3 is 2.68 bits per heavy atom. The number of carbonyl (C=O) groups is 1. The molecule has 1 aromatic carbocycles. The molecule has 19 heavy (non-hydrogen) atoms. The van der Waals surface area contributed by atoms with Crippen molar-refractivity contribution in [1.29, 1.82) is 0 Å². The second-order valence-electron chi connectivity index (χ2n) is 5.05. The summed E-state index contributed by atoms with van der Waals surface area (Å²) in [5.41, 5.74) is 1.59. The standard InChI is InChI=1S/C15H18O4/c1-9(2)10(3)18-8-11-4-5-13-12(6-11)7-14(19-13)15(16)17/h4-7,9-10H,8H2,1-3H3,(H,16,17). The Balaban J connectivity index is 2.15. The highest BCUT2D eigenvalue weighted by molar-refractivity contribution is 5.91. The van der Waals surface area contributed by atoms with Crippen molar-refractivity contribution in [2.45, 2.75) is 33.5 Å². The first-order chi connectivity index (χ1) is 8.97. The van der Waals surface area contributed by atoms with Gasteiger partial charge in [0.05, 0.1) is 12.7 Å². The van der Waals surface area contributed by atoms with E-state index >= 15 is 0 Å². The number of fused-ring (bicyclic) bond motifs is 1. The molecule has 102 valence electrons. The smallest absolute Gasteiger partial charge is 0.371 e. The van der Waals surface area contributed by atoms with Gasteiger partial charge in [-0.05, 0) is 36.6 Å². The molecule has 0 amide bonds. The Labute approximate surface area is 112 Å². The minimum atomic E-state index is -1.05. The average molecular weight is 262 g/mol. The molecular weight excluding hydrogens is 244 g/mol. The largest absolute Gasteiger partial charge is 0.475 e. The van der Waals surface area contributed by atoms with Crippen LogP contribution in [0.5, 0.6) is 0 Å². The third kappa shape index (κ3) is 3.15. The molecule has 1 aromatic heterocycles. The second kappa shape index (κ2) is 5.45. The van der Waals surface area contributed by atoms with Crippen LogP contribution < -0.4 is 0 Å². The maximum Gasteiger partial charge on any atom is 0.371 e. The third-order valence-corrected chi connectivity index (χ3v) is 3.24. The summed E-state index contributed by atoms with van der Waals surface area (Å²) >= 11 is 0. The van der Waals surface area contributed by atoms with Gasteiger partial charge >= 0.3 is 5.97 Å². The maximum atomic E-state index is 10.8. The molecule has 4 heteroatoms. The SMILES string of the molecule is CC(C)C(C)OCc1ccc2oc(C(=O)O)cc2c1. The van der Waals surface area contributed by atoms with E-state index in [9.17, 15) is 4.79 Å². The molecule has 0 saturated carbocycles. The molecule has 1 atom stereocenters. The maximum absolute atomic E-state index is 10.8. The van der Waals surface area contributed by atoms with Crippen molar-refractivity contribution in [3.05, 3.63) is 35.6 Å². The number of ether oxygens (including phenoxy) is 1. The number of carboxylic acids is 1. The lowest BCUT2D eigenvalue weighted by atomic mass is 10.1. The fourth-order valence-electron chi connectivity index (χ4n) is 1.71.